The van der Waals surface area contributed by atoms with E-state index in [1.807, 2.05) is 11.3 Å². The molecule has 1 aliphatic rings. The van der Waals surface area contributed by atoms with Gasteiger partial charge in [-0.05, 0) is 42.0 Å². The van der Waals surface area contributed by atoms with Crippen molar-refractivity contribution >= 4 is 11.3 Å². The molecule has 0 bridgehead atoms. The van der Waals surface area contributed by atoms with Crippen LogP contribution < -0.4 is 5.32 Å². The molecule has 1 N–H and O–H groups in total. The molecular weight excluding hydrogens is 264 g/mol. The van der Waals surface area contributed by atoms with E-state index in [2.05, 4.69) is 59.8 Å². The molecule has 3 heteroatoms. The molecule has 2 nitrogen and oxygen atoms in total. The molecule has 2 aromatic rings. The van der Waals surface area contributed by atoms with Gasteiger partial charge in [-0.2, -0.15) is 0 Å². The van der Waals surface area contributed by atoms with Crippen LogP contribution in [0.1, 0.15) is 27.6 Å². The highest BCUT2D eigenvalue weighted by molar-refractivity contribution is 7.10. The Morgan fingerprint density at radius 1 is 1.15 bits per heavy atom. The molecule has 106 valence electrons. The fraction of sp³-hybridized carbons (Fsp3) is 0.412. The van der Waals surface area contributed by atoms with E-state index in [-0.39, 0.29) is 0 Å². The number of benzene rings is 1. The van der Waals surface area contributed by atoms with Crippen LogP contribution in [0.25, 0.3) is 0 Å². The number of thiophene rings is 1. The summed E-state index contributed by atoms with van der Waals surface area (Å²) < 4.78 is 0. The molecule has 0 spiro atoms. The van der Waals surface area contributed by atoms with Gasteiger partial charge in [-0.25, -0.2) is 0 Å². The SMILES string of the molecule is Cc1csc(C(c2ccccc2C)N2CCNCC2)c1. The van der Waals surface area contributed by atoms with E-state index in [4.69, 9.17) is 0 Å². The summed E-state index contributed by atoms with van der Waals surface area (Å²) in [7, 11) is 0. The largest absolute Gasteiger partial charge is 0.314 e. The maximum atomic E-state index is 3.45. The zero-order valence-electron chi connectivity index (χ0n) is 12.2. The van der Waals surface area contributed by atoms with Crippen molar-refractivity contribution in [3.63, 3.8) is 0 Å². The van der Waals surface area contributed by atoms with Gasteiger partial charge < -0.3 is 5.32 Å². The summed E-state index contributed by atoms with van der Waals surface area (Å²) in [5, 5.41) is 5.72. The summed E-state index contributed by atoms with van der Waals surface area (Å²) in [5.41, 5.74) is 4.22. The monoisotopic (exact) mass is 286 g/mol. The molecule has 2 heterocycles. The average Bonchev–Trinajstić information content (AvgIpc) is 2.89. The molecule has 1 aromatic heterocycles. The van der Waals surface area contributed by atoms with Gasteiger partial charge >= 0.3 is 0 Å². The predicted octanol–water partition coefficient (Wildman–Crippen LogP) is 3.36. The lowest BCUT2D eigenvalue weighted by atomic mass is 9.97. The van der Waals surface area contributed by atoms with Gasteiger partial charge in [0, 0.05) is 31.1 Å². The van der Waals surface area contributed by atoms with E-state index < -0.39 is 0 Å². The smallest absolute Gasteiger partial charge is 0.0699 e. The standard InChI is InChI=1S/C17H22N2S/c1-13-11-16(20-12-13)17(19-9-7-18-8-10-19)15-6-4-3-5-14(15)2/h3-6,11-12,17-18H,7-10H2,1-2H3. The lowest BCUT2D eigenvalue weighted by Crippen LogP contribution is -2.45. The van der Waals surface area contributed by atoms with Crippen LogP contribution in [0.4, 0.5) is 0 Å². The number of aryl methyl sites for hydroxylation is 2. The Kier molecular flexibility index (Phi) is 4.20. The maximum Gasteiger partial charge on any atom is 0.0699 e. The van der Waals surface area contributed by atoms with Crippen LogP contribution in [0.5, 0.6) is 0 Å². The fourth-order valence-corrected chi connectivity index (χ4v) is 4.01. The molecule has 0 saturated carbocycles. The van der Waals surface area contributed by atoms with Crippen LogP contribution >= 0.6 is 11.3 Å². The second-order valence-electron chi connectivity index (χ2n) is 5.57. The molecule has 0 aliphatic carbocycles. The fourth-order valence-electron chi connectivity index (χ4n) is 2.96. The molecule has 3 rings (SSSR count). The van der Waals surface area contributed by atoms with Crippen LogP contribution in [-0.2, 0) is 0 Å². The first-order valence-corrected chi connectivity index (χ1v) is 8.19. The van der Waals surface area contributed by atoms with Gasteiger partial charge in [0.05, 0.1) is 6.04 Å². The van der Waals surface area contributed by atoms with Crippen LogP contribution in [0.2, 0.25) is 0 Å². The van der Waals surface area contributed by atoms with E-state index in [1.54, 1.807) is 0 Å². The first-order valence-electron chi connectivity index (χ1n) is 7.31. The lowest BCUT2D eigenvalue weighted by Gasteiger charge is -2.35. The third kappa shape index (κ3) is 2.80. The van der Waals surface area contributed by atoms with E-state index >= 15 is 0 Å². The molecule has 0 radical (unpaired) electrons. The van der Waals surface area contributed by atoms with Gasteiger partial charge in [0.1, 0.15) is 0 Å². The highest BCUT2D eigenvalue weighted by atomic mass is 32.1. The van der Waals surface area contributed by atoms with Gasteiger partial charge in [0.25, 0.3) is 0 Å². The topological polar surface area (TPSA) is 15.3 Å². The lowest BCUT2D eigenvalue weighted by molar-refractivity contribution is 0.200. The molecular formula is C17H22N2S. The predicted molar refractivity (Wildman–Crippen MR) is 86.5 cm³/mol. The minimum absolute atomic E-state index is 0.414. The average molecular weight is 286 g/mol. The molecule has 1 saturated heterocycles. The van der Waals surface area contributed by atoms with Crippen LogP contribution in [0.15, 0.2) is 35.7 Å². The number of piperazine rings is 1. The molecule has 1 aromatic carbocycles. The highest BCUT2D eigenvalue weighted by Crippen LogP contribution is 2.34. The summed E-state index contributed by atoms with van der Waals surface area (Å²) >= 11 is 1.89. The van der Waals surface area contributed by atoms with Crippen LogP contribution in [-0.4, -0.2) is 31.1 Å². The number of nitrogens with zero attached hydrogens (tertiary/aromatic N) is 1. The van der Waals surface area contributed by atoms with E-state index in [1.165, 1.54) is 21.6 Å². The van der Waals surface area contributed by atoms with Crippen molar-refractivity contribution in [2.75, 3.05) is 26.2 Å². The quantitative estimate of drug-likeness (QED) is 0.931. The highest BCUT2D eigenvalue weighted by Gasteiger charge is 2.25. The molecule has 20 heavy (non-hydrogen) atoms. The van der Waals surface area contributed by atoms with E-state index in [0.29, 0.717) is 6.04 Å². The molecule has 1 atom stereocenters. The number of hydrogen-bond acceptors (Lipinski definition) is 3. The van der Waals surface area contributed by atoms with Crippen molar-refractivity contribution in [1.29, 1.82) is 0 Å². The summed E-state index contributed by atoms with van der Waals surface area (Å²) in [4.78, 5) is 4.09. The van der Waals surface area contributed by atoms with Crippen LogP contribution in [0.3, 0.4) is 0 Å². The number of hydrogen-bond donors (Lipinski definition) is 1. The summed E-state index contributed by atoms with van der Waals surface area (Å²) in [6.07, 6.45) is 0. The normalized spacial score (nSPS) is 18.1. The molecule has 1 aliphatic heterocycles. The van der Waals surface area contributed by atoms with Gasteiger partial charge in [-0.3, -0.25) is 4.90 Å². The van der Waals surface area contributed by atoms with Crippen LogP contribution in [0, 0.1) is 13.8 Å². The van der Waals surface area contributed by atoms with Gasteiger partial charge in [0.15, 0.2) is 0 Å². The first kappa shape index (κ1) is 13.8. The maximum absolute atomic E-state index is 3.45. The second-order valence-corrected chi connectivity index (χ2v) is 6.51. The van der Waals surface area contributed by atoms with E-state index in [0.717, 1.165) is 26.2 Å². The Morgan fingerprint density at radius 3 is 2.55 bits per heavy atom. The van der Waals surface area contributed by atoms with Crippen molar-refractivity contribution in [2.24, 2.45) is 0 Å². The van der Waals surface area contributed by atoms with Crippen molar-refractivity contribution in [3.8, 4) is 0 Å². The van der Waals surface area contributed by atoms with Crippen molar-refractivity contribution < 1.29 is 0 Å². The van der Waals surface area contributed by atoms with Crippen molar-refractivity contribution in [2.45, 2.75) is 19.9 Å². The molecule has 1 unspecified atom stereocenters. The number of nitrogens with one attached hydrogen (secondary N) is 1. The summed E-state index contributed by atoms with van der Waals surface area (Å²) in [5.74, 6) is 0. The Balaban J connectivity index is 2.01. The van der Waals surface area contributed by atoms with Crippen molar-refractivity contribution in [1.82, 2.24) is 10.2 Å². The Bertz CT molecular complexity index is 570. The van der Waals surface area contributed by atoms with Gasteiger partial charge in [-0.1, -0.05) is 24.3 Å². The van der Waals surface area contributed by atoms with Gasteiger partial charge in [-0.15, -0.1) is 11.3 Å². The zero-order valence-corrected chi connectivity index (χ0v) is 13.0. The second kappa shape index (κ2) is 6.08. The Labute approximate surface area is 125 Å². The third-order valence-corrected chi connectivity index (χ3v) is 5.12. The van der Waals surface area contributed by atoms with Crippen molar-refractivity contribution in [3.05, 3.63) is 57.3 Å². The van der Waals surface area contributed by atoms with Gasteiger partial charge in [0.2, 0.25) is 0 Å². The zero-order chi connectivity index (χ0) is 13.9. The first-order chi connectivity index (χ1) is 9.75. The van der Waals surface area contributed by atoms with E-state index in [9.17, 15) is 0 Å². The third-order valence-electron chi connectivity index (χ3n) is 4.02. The minimum Gasteiger partial charge on any atom is -0.314 e. The number of rotatable bonds is 3. The summed E-state index contributed by atoms with van der Waals surface area (Å²) in [6, 6.07) is 11.6. The summed E-state index contributed by atoms with van der Waals surface area (Å²) in [6.45, 7) is 8.84. The molecule has 1 fully saturated rings. The minimum atomic E-state index is 0.414. The molecule has 0 amide bonds. The Morgan fingerprint density at radius 2 is 1.90 bits per heavy atom. The Hall–Kier alpha value is -1.16.